The molecule has 3 aliphatic rings. The van der Waals surface area contributed by atoms with Gasteiger partial charge in [0.05, 0.1) is 22.9 Å². The van der Waals surface area contributed by atoms with Gasteiger partial charge in [-0.3, -0.25) is 0 Å². The SMILES string of the molecule is CC(C)[C@@]1(O)CC[C@@]2(C)C[C@H]3O[C@]3(C)C[C@@H](OC(=O)c3ccc(O)cc3)[C@@H]21. The van der Waals surface area contributed by atoms with Crippen LogP contribution in [0, 0.1) is 17.3 Å². The Morgan fingerprint density at radius 3 is 2.48 bits per heavy atom. The number of carbonyl (C=O) groups excluding carboxylic acids is 1. The molecule has 1 aromatic rings. The number of hydrogen-bond donors (Lipinski definition) is 2. The minimum atomic E-state index is -0.845. The smallest absolute Gasteiger partial charge is 0.338 e. The van der Waals surface area contributed by atoms with Crippen LogP contribution in [0.5, 0.6) is 5.75 Å². The third kappa shape index (κ3) is 2.95. The summed E-state index contributed by atoms with van der Waals surface area (Å²) in [4.78, 5) is 12.8. The van der Waals surface area contributed by atoms with E-state index in [4.69, 9.17) is 9.47 Å². The number of benzene rings is 1. The Labute approximate surface area is 160 Å². The van der Waals surface area contributed by atoms with Gasteiger partial charge in [0.15, 0.2) is 0 Å². The molecule has 0 unspecified atom stereocenters. The zero-order valence-corrected chi connectivity index (χ0v) is 16.6. The zero-order valence-electron chi connectivity index (χ0n) is 16.6. The van der Waals surface area contributed by atoms with E-state index in [1.54, 1.807) is 12.1 Å². The molecule has 6 atom stereocenters. The normalized spacial score (nSPS) is 43.0. The number of esters is 1. The maximum atomic E-state index is 12.8. The van der Waals surface area contributed by atoms with E-state index < -0.39 is 17.7 Å². The van der Waals surface area contributed by atoms with Gasteiger partial charge in [-0.05, 0) is 61.8 Å². The minimum absolute atomic E-state index is 0.0855. The minimum Gasteiger partial charge on any atom is -0.508 e. The molecule has 1 aliphatic heterocycles. The van der Waals surface area contributed by atoms with Gasteiger partial charge in [0, 0.05) is 12.3 Å². The van der Waals surface area contributed by atoms with Gasteiger partial charge in [-0.25, -0.2) is 4.79 Å². The Morgan fingerprint density at radius 2 is 1.85 bits per heavy atom. The average Bonchev–Trinajstić information content (AvgIpc) is 3.12. The maximum absolute atomic E-state index is 12.8. The third-order valence-electron chi connectivity index (χ3n) is 7.41. The maximum Gasteiger partial charge on any atom is 0.338 e. The molecule has 3 fully saturated rings. The van der Waals surface area contributed by atoms with Crippen LogP contribution in [0.2, 0.25) is 0 Å². The molecule has 0 bridgehead atoms. The lowest BCUT2D eigenvalue weighted by molar-refractivity contribution is -0.120. The van der Waals surface area contributed by atoms with Crippen molar-refractivity contribution in [3.63, 3.8) is 0 Å². The van der Waals surface area contributed by atoms with Crippen LogP contribution in [0.25, 0.3) is 0 Å². The Kier molecular flexibility index (Phi) is 4.13. The summed E-state index contributed by atoms with van der Waals surface area (Å²) in [6, 6.07) is 6.09. The predicted molar refractivity (Wildman–Crippen MR) is 100 cm³/mol. The van der Waals surface area contributed by atoms with E-state index in [1.807, 2.05) is 0 Å². The number of phenols is 1. The van der Waals surface area contributed by atoms with Crippen molar-refractivity contribution in [2.75, 3.05) is 0 Å². The first-order valence-corrected chi connectivity index (χ1v) is 9.98. The van der Waals surface area contributed by atoms with E-state index >= 15 is 0 Å². The number of hydrogen-bond acceptors (Lipinski definition) is 5. The summed E-state index contributed by atoms with van der Waals surface area (Å²) in [5.74, 6) is -0.329. The predicted octanol–water partition coefficient (Wildman–Crippen LogP) is 3.67. The largest absolute Gasteiger partial charge is 0.508 e. The summed E-state index contributed by atoms with van der Waals surface area (Å²) in [7, 11) is 0. The first-order valence-electron chi connectivity index (χ1n) is 9.98. The van der Waals surface area contributed by atoms with Gasteiger partial charge in [-0.15, -0.1) is 0 Å². The van der Waals surface area contributed by atoms with Crippen LogP contribution < -0.4 is 0 Å². The van der Waals surface area contributed by atoms with Crippen LogP contribution in [0.4, 0.5) is 0 Å². The number of epoxide rings is 1. The number of aliphatic hydroxyl groups is 1. The number of aromatic hydroxyl groups is 1. The van der Waals surface area contributed by atoms with Crippen LogP contribution in [-0.4, -0.2) is 39.6 Å². The molecule has 0 spiro atoms. The van der Waals surface area contributed by atoms with Crippen molar-refractivity contribution < 1.29 is 24.5 Å². The van der Waals surface area contributed by atoms with E-state index in [9.17, 15) is 15.0 Å². The fraction of sp³-hybridized carbons (Fsp3) is 0.682. The standard InChI is InChI=1S/C22H30O5/c1-13(2)22(25)10-9-20(3)12-17-21(4,27-17)11-16(18(20)22)26-19(24)14-5-7-15(23)8-6-14/h5-8,13,16-18,23,25H,9-12H2,1-4H3/t16-,17-,18+,20+,21-,22+/m1/s1. The van der Waals surface area contributed by atoms with Crippen molar-refractivity contribution >= 4 is 5.97 Å². The molecule has 5 nitrogen and oxygen atoms in total. The lowest BCUT2D eigenvalue weighted by Gasteiger charge is -2.44. The Balaban J connectivity index is 1.67. The summed E-state index contributed by atoms with van der Waals surface area (Å²) in [6.45, 7) is 8.40. The summed E-state index contributed by atoms with van der Waals surface area (Å²) < 4.78 is 12.0. The van der Waals surface area contributed by atoms with Crippen molar-refractivity contribution in [3.05, 3.63) is 29.8 Å². The van der Waals surface area contributed by atoms with Gasteiger partial charge in [0.2, 0.25) is 0 Å². The van der Waals surface area contributed by atoms with Crippen molar-refractivity contribution in [3.8, 4) is 5.75 Å². The zero-order chi connectivity index (χ0) is 19.6. The third-order valence-corrected chi connectivity index (χ3v) is 7.41. The van der Waals surface area contributed by atoms with E-state index in [-0.39, 0.29) is 34.7 Å². The monoisotopic (exact) mass is 374 g/mol. The highest BCUT2D eigenvalue weighted by Crippen LogP contribution is 2.63. The Bertz CT molecular complexity index is 744. The van der Waals surface area contributed by atoms with Crippen LogP contribution in [0.1, 0.15) is 63.7 Å². The van der Waals surface area contributed by atoms with E-state index in [0.717, 1.165) is 19.3 Å². The lowest BCUT2D eigenvalue weighted by atomic mass is 9.67. The fourth-order valence-corrected chi connectivity index (χ4v) is 5.63. The van der Waals surface area contributed by atoms with Crippen molar-refractivity contribution in [2.45, 2.75) is 76.8 Å². The summed E-state index contributed by atoms with van der Waals surface area (Å²) in [5, 5.41) is 21.0. The molecule has 5 heteroatoms. The van der Waals surface area contributed by atoms with Crippen molar-refractivity contribution in [2.24, 2.45) is 17.3 Å². The number of carbonyl (C=O) groups is 1. The van der Waals surface area contributed by atoms with Crippen LogP contribution in [-0.2, 0) is 9.47 Å². The van der Waals surface area contributed by atoms with Gasteiger partial charge < -0.3 is 19.7 Å². The molecule has 2 N–H and O–H groups in total. The molecule has 0 amide bonds. The highest BCUT2D eigenvalue weighted by Gasteiger charge is 2.68. The van der Waals surface area contributed by atoms with Gasteiger partial charge in [-0.2, -0.15) is 0 Å². The molecule has 2 aliphatic carbocycles. The molecule has 0 radical (unpaired) electrons. The number of phenolic OH excluding ortho intramolecular Hbond substituents is 1. The lowest BCUT2D eigenvalue weighted by Crippen LogP contribution is -2.50. The molecule has 1 heterocycles. The second-order valence-electron chi connectivity index (χ2n) is 9.60. The molecule has 1 aromatic carbocycles. The highest BCUT2D eigenvalue weighted by molar-refractivity contribution is 5.89. The number of fused-ring (bicyclic) bond motifs is 2. The molecule has 148 valence electrons. The molecule has 27 heavy (non-hydrogen) atoms. The van der Waals surface area contributed by atoms with Gasteiger partial charge in [0.25, 0.3) is 0 Å². The summed E-state index contributed by atoms with van der Waals surface area (Å²) >= 11 is 0. The van der Waals surface area contributed by atoms with Crippen LogP contribution in [0.3, 0.4) is 0 Å². The molecular weight excluding hydrogens is 344 g/mol. The van der Waals surface area contributed by atoms with Gasteiger partial charge in [-0.1, -0.05) is 20.8 Å². The van der Waals surface area contributed by atoms with Crippen molar-refractivity contribution in [1.82, 2.24) is 0 Å². The van der Waals surface area contributed by atoms with E-state index in [1.165, 1.54) is 12.1 Å². The number of ether oxygens (including phenoxy) is 2. The fourth-order valence-electron chi connectivity index (χ4n) is 5.63. The topological polar surface area (TPSA) is 79.3 Å². The molecule has 2 saturated carbocycles. The van der Waals surface area contributed by atoms with Gasteiger partial charge in [0.1, 0.15) is 11.9 Å². The second kappa shape index (κ2) is 5.95. The number of rotatable bonds is 3. The summed E-state index contributed by atoms with van der Waals surface area (Å²) in [5.41, 5.74) is -0.826. The van der Waals surface area contributed by atoms with E-state index in [0.29, 0.717) is 12.0 Å². The second-order valence-corrected chi connectivity index (χ2v) is 9.60. The first kappa shape index (κ1) is 18.8. The van der Waals surface area contributed by atoms with Gasteiger partial charge >= 0.3 is 5.97 Å². The van der Waals surface area contributed by atoms with Crippen LogP contribution in [0.15, 0.2) is 24.3 Å². The van der Waals surface area contributed by atoms with Crippen LogP contribution >= 0.6 is 0 Å². The van der Waals surface area contributed by atoms with E-state index in [2.05, 4.69) is 27.7 Å². The molecule has 1 saturated heterocycles. The molecule has 4 rings (SSSR count). The molecule has 0 aromatic heterocycles. The first-order chi connectivity index (χ1) is 12.6. The Hall–Kier alpha value is -1.59. The Morgan fingerprint density at radius 1 is 1.19 bits per heavy atom. The highest BCUT2D eigenvalue weighted by atomic mass is 16.6. The quantitative estimate of drug-likeness (QED) is 0.623. The average molecular weight is 374 g/mol. The summed E-state index contributed by atoms with van der Waals surface area (Å²) in [6.07, 6.45) is 2.92. The molecular formula is C22H30O5. The van der Waals surface area contributed by atoms with Crippen molar-refractivity contribution in [1.29, 1.82) is 0 Å².